The predicted molar refractivity (Wildman–Crippen MR) is 236 cm³/mol. The van der Waals surface area contributed by atoms with Gasteiger partial charge in [-0.2, -0.15) is 0 Å². The number of benzene rings is 3. The monoisotopic (exact) mass is 921 g/mol. The van der Waals surface area contributed by atoms with Crippen molar-refractivity contribution >= 4 is 41.6 Å². The van der Waals surface area contributed by atoms with E-state index < -0.39 is 112 Å². The highest BCUT2D eigenvalue weighted by Gasteiger charge is 2.80. The predicted octanol–water partition coefficient (Wildman–Crippen LogP) is 4.15. The van der Waals surface area contributed by atoms with Gasteiger partial charge in [-0.15, -0.1) is 0 Å². The molecule has 3 aromatic carbocycles. The molecule has 0 aromatic heterocycles. The number of ether oxygens (including phenoxy) is 6. The van der Waals surface area contributed by atoms with Crippen LogP contribution in [0.4, 0.5) is 0 Å². The molecule has 3 aliphatic carbocycles. The first-order valence-electron chi connectivity index (χ1n) is 22.3. The van der Waals surface area contributed by atoms with Gasteiger partial charge in [0.05, 0.1) is 42.3 Å². The Hall–Kier alpha value is -6.04. The second-order valence-corrected chi connectivity index (χ2v) is 18.7. The van der Waals surface area contributed by atoms with Crippen LogP contribution in [0.2, 0.25) is 0 Å². The van der Waals surface area contributed by atoms with Crippen LogP contribution in [-0.4, -0.2) is 118 Å². The summed E-state index contributed by atoms with van der Waals surface area (Å²) >= 11 is 0. The summed E-state index contributed by atoms with van der Waals surface area (Å²) in [6, 6.07) is 21.4. The Labute approximate surface area is 387 Å². The average Bonchev–Trinajstić information content (AvgIpc) is 3.29. The second-order valence-electron chi connectivity index (χ2n) is 18.7. The van der Waals surface area contributed by atoms with E-state index in [1.807, 2.05) is 0 Å². The number of rotatable bonds is 5. The van der Waals surface area contributed by atoms with E-state index in [1.54, 1.807) is 84.9 Å². The average molecular weight is 922 g/mol. The van der Waals surface area contributed by atoms with Gasteiger partial charge in [0.2, 0.25) is 0 Å². The minimum Gasteiger partial charge on any atom is -0.455 e. The lowest BCUT2D eigenvalue weighted by molar-refractivity contribution is -0.353. The van der Waals surface area contributed by atoms with E-state index in [4.69, 9.17) is 28.4 Å². The van der Waals surface area contributed by atoms with Crippen LogP contribution in [0.15, 0.2) is 102 Å². The fraction of sp³-hybridized carbons (Fsp3) is 0.451. The standard InChI is InChI=1S/C51H55NO15/c1-27-36-40(64-28(2)53)42(57)49(6)34(55)25-35-50(26-63-35,67-29(3)54)41(49)44(66-46(59)32-21-11-8-12-22-32)51(61,48(36,4)5)43-39(27)65-47(60)38(56)37(31-19-9-7-10-20-31)52-45(58)33-23-14-13-17-30(33)18-15-16-24-62-43/h7-15,17-23,34-35,37-41,43-44,55-56,61H,16,24-26H2,1-6H3,(H,52,58)/b18-15+/t34-,35+,37-,38+,39+,40+,41-,43-,44-,49+,50-,51+/m0/s1. The number of esters is 4. The van der Waals surface area contributed by atoms with E-state index in [0.717, 1.165) is 13.8 Å². The summed E-state index contributed by atoms with van der Waals surface area (Å²) in [5, 5.41) is 41.5. The molecule has 2 saturated carbocycles. The molecular weight excluding hydrogens is 867 g/mol. The van der Waals surface area contributed by atoms with Crippen molar-refractivity contribution in [1.29, 1.82) is 0 Å². The number of ketones is 1. The second kappa shape index (κ2) is 17.9. The van der Waals surface area contributed by atoms with Gasteiger partial charge in [-0.1, -0.05) is 92.7 Å². The first kappa shape index (κ1) is 47.5. The molecular formula is C51H55NO15. The van der Waals surface area contributed by atoms with Crippen molar-refractivity contribution in [3.63, 3.8) is 0 Å². The summed E-state index contributed by atoms with van der Waals surface area (Å²) in [5.41, 5.74) is -7.37. The number of hydrogen-bond donors (Lipinski definition) is 4. The molecule has 5 aliphatic rings. The lowest BCUT2D eigenvalue weighted by atomic mass is 9.44. The van der Waals surface area contributed by atoms with Crippen LogP contribution in [0.1, 0.15) is 92.3 Å². The zero-order valence-corrected chi connectivity index (χ0v) is 38.0. The van der Waals surface area contributed by atoms with E-state index in [-0.39, 0.29) is 48.3 Å². The van der Waals surface area contributed by atoms with Crippen LogP contribution in [0.5, 0.6) is 0 Å². The van der Waals surface area contributed by atoms with Gasteiger partial charge < -0.3 is 49.1 Å². The molecule has 12 atom stereocenters. The topological polar surface area (TPSA) is 231 Å². The highest BCUT2D eigenvalue weighted by atomic mass is 16.6. The van der Waals surface area contributed by atoms with Gasteiger partial charge >= 0.3 is 23.9 Å². The minimum absolute atomic E-state index is 0.0346. The zero-order valence-electron chi connectivity index (χ0n) is 38.0. The lowest BCUT2D eigenvalue weighted by Gasteiger charge is -2.68. The van der Waals surface area contributed by atoms with E-state index in [9.17, 15) is 39.3 Å². The normalized spacial score (nSPS) is 35.3. The molecule has 3 fully saturated rings. The molecule has 2 aliphatic heterocycles. The van der Waals surface area contributed by atoms with E-state index in [0.29, 0.717) is 11.1 Å². The summed E-state index contributed by atoms with van der Waals surface area (Å²) in [4.78, 5) is 85.6. The van der Waals surface area contributed by atoms with E-state index in [1.165, 1.54) is 39.8 Å². The summed E-state index contributed by atoms with van der Waals surface area (Å²) < 4.78 is 37.7. The van der Waals surface area contributed by atoms with Gasteiger partial charge in [0.1, 0.15) is 23.9 Å². The molecule has 1 amide bonds. The fourth-order valence-electron chi connectivity index (χ4n) is 11.2. The maximum Gasteiger partial charge on any atom is 0.338 e. The lowest BCUT2D eigenvalue weighted by Crippen LogP contribution is -2.83. The number of nitrogens with one attached hydrogen (secondary N) is 1. The van der Waals surface area contributed by atoms with Crippen molar-refractivity contribution in [2.75, 3.05) is 13.2 Å². The van der Waals surface area contributed by atoms with Crippen molar-refractivity contribution in [2.45, 2.75) is 114 Å². The molecule has 8 rings (SSSR count). The van der Waals surface area contributed by atoms with Gasteiger partial charge in [-0.05, 0) is 60.7 Å². The van der Waals surface area contributed by atoms with Crippen molar-refractivity contribution in [1.82, 2.24) is 5.32 Å². The number of aliphatic hydroxyl groups is 3. The van der Waals surface area contributed by atoms with Crippen LogP contribution in [0.25, 0.3) is 6.08 Å². The van der Waals surface area contributed by atoms with Crippen LogP contribution in [-0.2, 0) is 47.6 Å². The van der Waals surface area contributed by atoms with E-state index >= 15 is 4.79 Å². The summed E-state index contributed by atoms with van der Waals surface area (Å²) in [6.07, 6.45) is -8.84. The maximum atomic E-state index is 15.8. The number of aliphatic hydroxyl groups excluding tert-OH is 2. The third kappa shape index (κ3) is 7.77. The van der Waals surface area contributed by atoms with Gasteiger partial charge in [0, 0.05) is 31.2 Å². The molecule has 0 unspecified atom stereocenters. The van der Waals surface area contributed by atoms with Crippen molar-refractivity contribution < 1.29 is 72.5 Å². The highest BCUT2D eigenvalue weighted by Crippen LogP contribution is 2.65. The van der Waals surface area contributed by atoms with Crippen molar-refractivity contribution in [3.05, 3.63) is 124 Å². The zero-order chi connectivity index (χ0) is 48.2. The highest BCUT2D eigenvalue weighted by molar-refractivity contribution is 5.98. The number of hydrogen-bond acceptors (Lipinski definition) is 15. The molecule has 67 heavy (non-hydrogen) atoms. The third-order valence-electron chi connectivity index (χ3n) is 14.6. The first-order valence-corrected chi connectivity index (χ1v) is 22.3. The summed E-state index contributed by atoms with van der Waals surface area (Å²) in [6.45, 7) is 7.65. The Morgan fingerprint density at radius 2 is 1.49 bits per heavy atom. The Bertz CT molecular complexity index is 2520. The quantitative estimate of drug-likeness (QED) is 0.160. The van der Waals surface area contributed by atoms with Crippen LogP contribution >= 0.6 is 0 Å². The Balaban J connectivity index is 1.40. The summed E-state index contributed by atoms with van der Waals surface area (Å²) in [7, 11) is 0. The van der Waals surface area contributed by atoms with Gasteiger partial charge in [-0.25, -0.2) is 9.59 Å². The molecule has 0 radical (unpaired) electrons. The minimum atomic E-state index is -2.67. The fourth-order valence-corrected chi connectivity index (χ4v) is 11.2. The molecule has 4 N–H and O–H groups in total. The molecule has 16 heteroatoms. The number of carbonyl (C=O) groups excluding carboxylic acids is 6. The van der Waals surface area contributed by atoms with Crippen LogP contribution < -0.4 is 5.32 Å². The molecule has 2 heterocycles. The van der Waals surface area contributed by atoms with Crippen molar-refractivity contribution in [3.8, 4) is 0 Å². The summed E-state index contributed by atoms with van der Waals surface area (Å²) in [5.74, 6) is -7.15. The Morgan fingerprint density at radius 3 is 2.13 bits per heavy atom. The number of amides is 1. The smallest absolute Gasteiger partial charge is 0.338 e. The van der Waals surface area contributed by atoms with Crippen molar-refractivity contribution in [2.24, 2.45) is 16.7 Å². The van der Waals surface area contributed by atoms with Gasteiger partial charge in [0.15, 0.2) is 29.7 Å². The largest absolute Gasteiger partial charge is 0.455 e. The Morgan fingerprint density at radius 1 is 0.836 bits per heavy atom. The van der Waals surface area contributed by atoms with Gasteiger partial charge in [-0.3, -0.25) is 19.2 Å². The maximum absolute atomic E-state index is 15.8. The number of Topliss-reactive ketones (excluding diaryl/α,β-unsaturated/α-hetero) is 1. The molecule has 0 spiro atoms. The first-order chi connectivity index (χ1) is 31.8. The molecule has 2 bridgehead atoms. The van der Waals surface area contributed by atoms with Gasteiger partial charge in [0.25, 0.3) is 5.91 Å². The molecule has 16 nitrogen and oxygen atoms in total. The molecule has 3 aromatic rings. The van der Waals surface area contributed by atoms with Crippen LogP contribution in [0, 0.1) is 16.7 Å². The SMILES string of the molecule is CC(=O)O[C@H]1C(=O)[C@@]2(C)[C@H]([C@H](OC(=O)c3ccccc3)[C@]3(O)[C@H]4OCC/C=C/c5ccccc5C(=O)N[C@@H](c5ccccc5)[C@@H](O)C(=O)O[C@@H]4C(C)=C1C3(C)C)[C@]1(OC(C)=O)CO[C@@H]1C[C@@H]2O. The number of carbonyl (C=O) groups is 6. The third-order valence-corrected chi connectivity index (χ3v) is 14.6. The molecule has 1 saturated heterocycles. The van der Waals surface area contributed by atoms with E-state index in [2.05, 4.69) is 5.32 Å². The number of fused-ring (bicyclic) bond motifs is 8. The van der Waals surface area contributed by atoms with Crippen LogP contribution in [0.3, 0.4) is 0 Å². The Kier molecular flexibility index (Phi) is 12.7. The molecule has 354 valence electrons.